The minimum absolute atomic E-state index is 0.167. The van der Waals surface area contributed by atoms with E-state index in [1.165, 1.54) is 5.30 Å². The molecule has 3 aromatic carbocycles. The second kappa shape index (κ2) is 6.80. The van der Waals surface area contributed by atoms with Crippen LogP contribution in [0, 0.1) is 0 Å². The molecule has 2 unspecified atom stereocenters. The van der Waals surface area contributed by atoms with Crippen molar-refractivity contribution >= 4 is 35.7 Å². The average Bonchev–Trinajstić information content (AvgIpc) is 2.68. The van der Waals surface area contributed by atoms with Crippen molar-refractivity contribution in [3.63, 3.8) is 0 Å². The van der Waals surface area contributed by atoms with Gasteiger partial charge in [0.2, 0.25) is 0 Å². The van der Waals surface area contributed by atoms with Crippen LogP contribution in [0.4, 0.5) is 0 Å². The van der Waals surface area contributed by atoms with Gasteiger partial charge in [0.15, 0.2) is 0 Å². The molecule has 5 heteroatoms. The monoisotopic (exact) mass is 364 g/mol. The van der Waals surface area contributed by atoms with Gasteiger partial charge in [0.05, 0.1) is 0 Å². The van der Waals surface area contributed by atoms with Crippen molar-refractivity contribution in [2.75, 3.05) is 6.66 Å². The van der Waals surface area contributed by atoms with E-state index in [4.69, 9.17) is 21.1 Å². The highest BCUT2D eigenvalue weighted by atomic mass is 32.4. The van der Waals surface area contributed by atoms with Gasteiger partial charge in [-0.15, -0.1) is 0 Å². The first-order valence-corrected chi connectivity index (χ1v) is 11.6. The lowest BCUT2D eigenvalue weighted by molar-refractivity contribution is 0.225. The van der Waals surface area contributed by atoms with Crippen molar-refractivity contribution < 1.29 is 9.31 Å². The van der Waals surface area contributed by atoms with Gasteiger partial charge in [0.1, 0.15) is 11.6 Å². The third-order valence-corrected chi connectivity index (χ3v) is 8.28. The molecule has 0 saturated heterocycles. The molecule has 124 valence electrons. The lowest BCUT2D eigenvalue weighted by Gasteiger charge is -2.36. The van der Waals surface area contributed by atoms with Gasteiger partial charge < -0.3 is 9.31 Å². The molecular formula is C20H18BO2PS. The molecule has 0 amide bonds. The molecule has 0 spiro atoms. The Morgan fingerprint density at radius 3 is 2.16 bits per heavy atom. The van der Waals surface area contributed by atoms with Gasteiger partial charge in [-0.1, -0.05) is 90.7 Å². The Balaban J connectivity index is 1.79. The van der Waals surface area contributed by atoms with Crippen LogP contribution in [0.25, 0.3) is 0 Å². The summed E-state index contributed by atoms with van der Waals surface area (Å²) in [6.07, 6.45) is 0. The first kappa shape index (κ1) is 16.6. The third kappa shape index (κ3) is 3.18. The Hall–Kier alpha value is -1.87. The van der Waals surface area contributed by atoms with Crippen LogP contribution >= 0.6 is 6.04 Å². The number of rotatable bonds is 3. The summed E-state index contributed by atoms with van der Waals surface area (Å²) in [4.78, 5) is 0. The maximum atomic E-state index is 6.44. The van der Waals surface area contributed by atoms with Crippen LogP contribution in [0.5, 0.6) is 5.75 Å². The standard InChI is InChI=1S/C20H18BO2PS/c1-24(25,17-12-6-3-7-13-17)20-18-14-8-9-15-19(18)22-21(23-20)16-10-4-2-5-11-16/h2-15,20H,1H3. The Kier molecular flexibility index (Phi) is 4.51. The molecule has 25 heavy (non-hydrogen) atoms. The quantitative estimate of drug-likeness (QED) is 0.519. The van der Waals surface area contributed by atoms with Gasteiger partial charge in [-0.25, -0.2) is 0 Å². The summed E-state index contributed by atoms with van der Waals surface area (Å²) in [5.74, 6) is 0.694. The fourth-order valence-electron chi connectivity index (χ4n) is 3.12. The van der Waals surface area contributed by atoms with Crippen LogP contribution in [0.3, 0.4) is 0 Å². The second-order valence-electron chi connectivity index (χ2n) is 6.21. The highest BCUT2D eigenvalue weighted by Gasteiger charge is 2.40. The van der Waals surface area contributed by atoms with Gasteiger partial charge in [-0.05, 0) is 23.5 Å². The molecule has 4 rings (SSSR count). The summed E-state index contributed by atoms with van der Waals surface area (Å²) in [5, 5.41) is 1.18. The zero-order valence-corrected chi connectivity index (χ0v) is 15.6. The van der Waals surface area contributed by atoms with Crippen molar-refractivity contribution in [1.29, 1.82) is 0 Å². The van der Waals surface area contributed by atoms with Gasteiger partial charge in [0, 0.05) is 11.6 Å². The predicted octanol–water partition coefficient (Wildman–Crippen LogP) is 3.92. The largest absolute Gasteiger partial charge is 0.563 e. The van der Waals surface area contributed by atoms with Gasteiger partial charge >= 0.3 is 7.12 Å². The highest BCUT2D eigenvalue weighted by molar-refractivity contribution is 8.18. The van der Waals surface area contributed by atoms with Crippen molar-refractivity contribution in [1.82, 2.24) is 0 Å². The van der Waals surface area contributed by atoms with Crippen LogP contribution in [-0.2, 0) is 16.5 Å². The van der Waals surface area contributed by atoms with E-state index in [0.29, 0.717) is 0 Å². The van der Waals surface area contributed by atoms with Gasteiger partial charge in [-0.3, -0.25) is 0 Å². The lowest BCUT2D eigenvalue weighted by atomic mass is 9.78. The minimum Gasteiger partial charge on any atom is -0.532 e. The topological polar surface area (TPSA) is 18.5 Å². The van der Waals surface area contributed by atoms with E-state index in [1.54, 1.807) is 0 Å². The Morgan fingerprint density at radius 2 is 1.44 bits per heavy atom. The van der Waals surface area contributed by atoms with E-state index in [2.05, 4.69) is 24.9 Å². The molecule has 0 N–H and O–H groups in total. The SMILES string of the molecule is CP(=S)(c1ccccc1)C1OB(c2ccccc2)Oc2ccccc21. The highest BCUT2D eigenvalue weighted by Crippen LogP contribution is 2.59. The molecular weight excluding hydrogens is 346 g/mol. The summed E-state index contributed by atoms with van der Waals surface area (Å²) < 4.78 is 12.6. The van der Waals surface area contributed by atoms with Gasteiger partial charge in [-0.2, -0.15) is 0 Å². The molecule has 1 aliphatic heterocycles. The lowest BCUT2D eigenvalue weighted by Crippen LogP contribution is -2.44. The number of benzene rings is 3. The Bertz CT molecular complexity index is 917. The summed E-state index contributed by atoms with van der Waals surface area (Å²) in [6, 6.07) is 26.5. The first-order chi connectivity index (χ1) is 12.2. The number of hydrogen-bond acceptors (Lipinski definition) is 3. The van der Waals surface area contributed by atoms with Crippen molar-refractivity contribution in [3.8, 4) is 5.75 Å². The smallest absolute Gasteiger partial charge is 0.532 e. The first-order valence-electron chi connectivity index (χ1n) is 8.25. The van der Waals surface area contributed by atoms with E-state index >= 15 is 0 Å². The molecule has 0 aromatic heterocycles. The van der Waals surface area contributed by atoms with E-state index in [0.717, 1.165) is 16.8 Å². The van der Waals surface area contributed by atoms with Crippen LogP contribution in [0.1, 0.15) is 11.4 Å². The van der Waals surface area contributed by atoms with Crippen LogP contribution < -0.4 is 15.4 Å². The molecule has 0 fully saturated rings. The fourth-order valence-corrected chi connectivity index (χ4v) is 6.10. The van der Waals surface area contributed by atoms with Crippen LogP contribution in [0.2, 0.25) is 0 Å². The Labute approximate surface area is 154 Å². The van der Waals surface area contributed by atoms with E-state index in [1.807, 2.05) is 66.7 Å². The summed E-state index contributed by atoms with van der Waals surface area (Å²) in [5.41, 5.74) is 2.05. The average molecular weight is 364 g/mol. The maximum absolute atomic E-state index is 6.44. The summed E-state index contributed by atoms with van der Waals surface area (Å²) in [7, 11) is -0.438. The van der Waals surface area contributed by atoms with E-state index in [-0.39, 0.29) is 5.85 Å². The Morgan fingerprint density at radius 1 is 0.840 bits per heavy atom. The predicted molar refractivity (Wildman–Crippen MR) is 109 cm³/mol. The van der Waals surface area contributed by atoms with E-state index < -0.39 is 13.2 Å². The zero-order valence-electron chi connectivity index (χ0n) is 13.9. The van der Waals surface area contributed by atoms with Gasteiger partial charge in [0.25, 0.3) is 0 Å². The molecule has 2 atom stereocenters. The number of fused-ring (bicyclic) bond motifs is 1. The maximum Gasteiger partial charge on any atom is 0.563 e. The van der Waals surface area contributed by atoms with Crippen molar-refractivity contribution in [2.24, 2.45) is 0 Å². The summed E-state index contributed by atoms with van der Waals surface area (Å²) >= 11 is 6.14. The van der Waals surface area contributed by atoms with Crippen molar-refractivity contribution in [3.05, 3.63) is 90.5 Å². The third-order valence-electron chi connectivity index (χ3n) is 4.46. The molecule has 0 radical (unpaired) electrons. The second-order valence-corrected chi connectivity index (χ2v) is 11.5. The minimum atomic E-state index is -1.98. The fraction of sp³-hybridized carbons (Fsp3) is 0.100. The number of para-hydroxylation sites is 1. The van der Waals surface area contributed by atoms with E-state index in [9.17, 15) is 0 Å². The molecule has 0 bridgehead atoms. The molecule has 0 aliphatic carbocycles. The molecule has 1 aliphatic rings. The molecule has 3 aromatic rings. The van der Waals surface area contributed by atoms with Crippen LogP contribution in [0.15, 0.2) is 84.9 Å². The summed E-state index contributed by atoms with van der Waals surface area (Å²) in [6.45, 7) is 2.16. The van der Waals surface area contributed by atoms with Crippen molar-refractivity contribution in [2.45, 2.75) is 5.85 Å². The molecule has 1 heterocycles. The van der Waals surface area contributed by atoms with Crippen LogP contribution in [-0.4, -0.2) is 13.8 Å². The molecule has 0 saturated carbocycles. The molecule has 2 nitrogen and oxygen atoms in total. The zero-order chi connectivity index (χ0) is 17.3. The number of hydrogen-bond donors (Lipinski definition) is 0. The normalized spacial score (nSPS) is 18.8.